The SMILES string of the molecule is CC(C)[C@]1(C(=O)N2CCN(c3cccc(C(F)(F)F)c3)CC2)CC[C@@H](NC(=O)O)C1. The van der Waals surface area contributed by atoms with Crippen molar-refractivity contribution >= 4 is 17.7 Å². The van der Waals surface area contributed by atoms with Gasteiger partial charge in [-0.1, -0.05) is 19.9 Å². The first kappa shape index (κ1) is 22.2. The number of nitrogens with one attached hydrogen (secondary N) is 1. The number of hydrogen-bond donors (Lipinski definition) is 2. The zero-order chi connectivity index (χ0) is 22.1. The number of hydrogen-bond acceptors (Lipinski definition) is 3. The maximum absolute atomic E-state index is 13.4. The lowest BCUT2D eigenvalue weighted by molar-refractivity contribution is -0.145. The van der Waals surface area contributed by atoms with E-state index in [-0.39, 0.29) is 17.9 Å². The lowest BCUT2D eigenvalue weighted by atomic mass is 9.74. The lowest BCUT2D eigenvalue weighted by Crippen LogP contribution is -2.54. The molecule has 0 aromatic heterocycles. The number of benzene rings is 1. The third kappa shape index (κ3) is 4.49. The summed E-state index contributed by atoms with van der Waals surface area (Å²) in [7, 11) is 0. The highest BCUT2D eigenvalue weighted by atomic mass is 19.4. The van der Waals surface area contributed by atoms with Gasteiger partial charge >= 0.3 is 12.3 Å². The largest absolute Gasteiger partial charge is 0.465 e. The third-order valence-electron chi connectivity index (χ3n) is 6.51. The van der Waals surface area contributed by atoms with Crippen LogP contribution in [-0.2, 0) is 11.0 Å². The van der Waals surface area contributed by atoms with E-state index in [0.29, 0.717) is 51.1 Å². The lowest BCUT2D eigenvalue weighted by Gasteiger charge is -2.42. The molecule has 6 nitrogen and oxygen atoms in total. The predicted molar refractivity (Wildman–Crippen MR) is 106 cm³/mol. The minimum absolute atomic E-state index is 0.0240. The monoisotopic (exact) mass is 427 g/mol. The van der Waals surface area contributed by atoms with Crippen molar-refractivity contribution in [2.45, 2.75) is 45.3 Å². The Morgan fingerprint density at radius 1 is 1.20 bits per heavy atom. The van der Waals surface area contributed by atoms with E-state index in [1.54, 1.807) is 11.0 Å². The molecule has 1 aliphatic carbocycles. The second kappa shape index (κ2) is 8.35. The highest BCUT2D eigenvalue weighted by Crippen LogP contribution is 2.46. The van der Waals surface area contributed by atoms with Crippen LogP contribution in [0, 0.1) is 11.3 Å². The number of carbonyl (C=O) groups is 2. The van der Waals surface area contributed by atoms with E-state index < -0.39 is 23.2 Å². The van der Waals surface area contributed by atoms with Gasteiger partial charge in [0.2, 0.25) is 5.91 Å². The highest BCUT2D eigenvalue weighted by Gasteiger charge is 2.49. The van der Waals surface area contributed by atoms with Gasteiger partial charge in [-0.2, -0.15) is 13.2 Å². The first-order valence-electron chi connectivity index (χ1n) is 10.2. The van der Waals surface area contributed by atoms with Gasteiger partial charge in [-0.3, -0.25) is 4.79 Å². The Morgan fingerprint density at radius 3 is 2.43 bits per heavy atom. The first-order valence-corrected chi connectivity index (χ1v) is 10.2. The van der Waals surface area contributed by atoms with E-state index >= 15 is 0 Å². The fraction of sp³-hybridized carbons (Fsp3) is 0.619. The average molecular weight is 427 g/mol. The minimum atomic E-state index is -4.39. The Bertz CT molecular complexity index is 791. The smallest absolute Gasteiger partial charge is 0.416 e. The fourth-order valence-corrected chi connectivity index (χ4v) is 4.70. The Labute approximate surface area is 174 Å². The topological polar surface area (TPSA) is 72.9 Å². The normalized spacial score (nSPS) is 24.9. The van der Waals surface area contributed by atoms with E-state index in [1.807, 2.05) is 18.7 Å². The standard InChI is InChI=1S/C21H28F3N3O3/c1-14(2)20(7-6-16(13-20)25-19(29)30)18(28)27-10-8-26(9-11-27)17-5-3-4-15(12-17)21(22,23)24/h3-5,12,14,16,25H,6-11,13H2,1-2H3,(H,29,30)/t16-,20+/m1/s1. The van der Waals surface area contributed by atoms with E-state index in [9.17, 15) is 22.8 Å². The molecule has 3 rings (SSSR count). The maximum atomic E-state index is 13.4. The summed E-state index contributed by atoms with van der Waals surface area (Å²) in [6, 6.07) is 5.02. The van der Waals surface area contributed by atoms with E-state index in [1.165, 1.54) is 6.07 Å². The number of amides is 2. The van der Waals surface area contributed by atoms with Gasteiger partial charge in [0.05, 0.1) is 11.0 Å². The van der Waals surface area contributed by atoms with Gasteiger partial charge in [0.1, 0.15) is 0 Å². The number of alkyl halides is 3. The van der Waals surface area contributed by atoms with Crippen LogP contribution < -0.4 is 10.2 Å². The minimum Gasteiger partial charge on any atom is -0.465 e. The van der Waals surface area contributed by atoms with Crippen LogP contribution in [-0.4, -0.2) is 54.2 Å². The summed E-state index contributed by atoms with van der Waals surface area (Å²) in [4.78, 5) is 28.0. The van der Waals surface area contributed by atoms with Crippen LogP contribution in [0.1, 0.15) is 38.7 Å². The van der Waals surface area contributed by atoms with E-state index in [0.717, 1.165) is 12.1 Å². The van der Waals surface area contributed by atoms with Gasteiger partial charge in [0, 0.05) is 37.9 Å². The van der Waals surface area contributed by atoms with Crippen molar-refractivity contribution in [3.05, 3.63) is 29.8 Å². The molecular formula is C21H28F3N3O3. The molecule has 2 atom stereocenters. The molecule has 0 unspecified atom stereocenters. The molecule has 2 N–H and O–H groups in total. The van der Waals surface area contributed by atoms with Crippen LogP contribution in [0.3, 0.4) is 0 Å². The Hall–Kier alpha value is -2.45. The molecule has 1 aromatic carbocycles. The molecule has 166 valence electrons. The van der Waals surface area contributed by atoms with Crippen molar-refractivity contribution in [1.29, 1.82) is 0 Å². The molecule has 0 bridgehead atoms. The molecule has 1 heterocycles. The second-order valence-electron chi connectivity index (χ2n) is 8.53. The van der Waals surface area contributed by atoms with Gasteiger partial charge in [0.25, 0.3) is 0 Å². The van der Waals surface area contributed by atoms with Crippen LogP contribution in [0.15, 0.2) is 24.3 Å². The number of anilines is 1. The average Bonchev–Trinajstić information content (AvgIpc) is 3.11. The summed E-state index contributed by atoms with van der Waals surface area (Å²) in [5.41, 5.74) is -0.784. The van der Waals surface area contributed by atoms with Gasteiger partial charge < -0.3 is 20.2 Å². The van der Waals surface area contributed by atoms with Crippen molar-refractivity contribution in [2.24, 2.45) is 11.3 Å². The van der Waals surface area contributed by atoms with Gasteiger partial charge in [-0.05, 0) is 43.4 Å². The van der Waals surface area contributed by atoms with Gasteiger partial charge in [-0.25, -0.2) is 4.79 Å². The van der Waals surface area contributed by atoms with E-state index in [2.05, 4.69) is 5.32 Å². The van der Waals surface area contributed by atoms with Crippen LogP contribution in [0.2, 0.25) is 0 Å². The van der Waals surface area contributed by atoms with Crippen molar-refractivity contribution in [3.63, 3.8) is 0 Å². The molecule has 2 aliphatic rings. The molecule has 2 fully saturated rings. The summed E-state index contributed by atoms with van der Waals surface area (Å²) in [5.74, 6) is 0.0861. The molecule has 1 saturated heterocycles. The van der Waals surface area contributed by atoms with Crippen molar-refractivity contribution in [1.82, 2.24) is 10.2 Å². The summed E-state index contributed by atoms with van der Waals surface area (Å²) < 4.78 is 39.0. The number of carboxylic acid groups (broad SMARTS) is 1. The molecule has 9 heteroatoms. The van der Waals surface area contributed by atoms with Crippen molar-refractivity contribution < 1.29 is 27.9 Å². The Morgan fingerprint density at radius 2 is 1.87 bits per heavy atom. The molecule has 1 saturated carbocycles. The zero-order valence-electron chi connectivity index (χ0n) is 17.2. The van der Waals surface area contributed by atoms with E-state index in [4.69, 9.17) is 5.11 Å². The molecule has 1 aromatic rings. The fourth-order valence-electron chi connectivity index (χ4n) is 4.70. The molecule has 0 spiro atoms. The second-order valence-corrected chi connectivity index (χ2v) is 8.53. The Kier molecular flexibility index (Phi) is 6.19. The molecule has 1 aliphatic heterocycles. The first-order chi connectivity index (χ1) is 14.0. The summed E-state index contributed by atoms with van der Waals surface area (Å²) >= 11 is 0. The summed E-state index contributed by atoms with van der Waals surface area (Å²) in [5, 5.41) is 11.5. The quantitative estimate of drug-likeness (QED) is 0.766. The molecule has 0 radical (unpaired) electrons. The van der Waals surface area contributed by atoms with Crippen molar-refractivity contribution in [3.8, 4) is 0 Å². The molecular weight excluding hydrogens is 399 g/mol. The van der Waals surface area contributed by atoms with Gasteiger partial charge in [-0.15, -0.1) is 0 Å². The third-order valence-corrected chi connectivity index (χ3v) is 6.51. The van der Waals surface area contributed by atoms with Crippen LogP contribution >= 0.6 is 0 Å². The van der Waals surface area contributed by atoms with Crippen LogP contribution in [0.25, 0.3) is 0 Å². The maximum Gasteiger partial charge on any atom is 0.416 e. The van der Waals surface area contributed by atoms with Gasteiger partial charge in [0.15, 0.2) is 0 Å². The zero-order valence-corrected chi connectivity index (χ0v) is 17.2. The summed E-state index contributed by atoms with van der Waals surface area (Å²) in [6.07, 6.45) is -3.74. The number of piperazine rings is 1. The van der Waals surface area contributed by atoms with Crippen LogP contribution in [0.4, 0.5) is 23.7 Å². The predicted octanol–water partition coefficient (Wildman–Crippen LogP) is 3.82. The number of nitrogens with zero attached hydrogens (tertiary/aromatic N) is 2. The number of rotatable bonds is 4. The summed E-state index contributed by atoms with van der Waals surface area (Å²) in [6.45, 7) is 5.75. The molecule has 30 heavy (non-hydrogen) atoms. The number of halogens is 3. The highest BCUT2D eigenvalue weighted by molar-refractivity contribution is 5.84. The number of carbonyl (C=O) groups excluding carboxylic acids is 1. The van der Waals surface area contributed by atoms with Crippen LogP contribution in [0.5, 0.6) is 0 Å². The van der Waals surface area contributed by atoms with Crippen molar-refractivity contribution in [2.75, 3.05) is 31.1 Å². The Balaban J connectivity index is 1.67. The molecule has 2 amide bonds.